The lowest BCUT2D eigenvalue weighted by Crippen LogP contribution is -2.17. The predicted molar refractivity (Wildman–Crippen MR) is 52.1 cm³/mol. The van der Waals surface area contributed by atoms with Crippen LogP contribution in [0.3, 0.4) is 0 Å². The van der Waals surface area contributed by atoms with E-state index < -0.39 is 0 Å². The molecular formula is C11H18O2. The zero-order valence-electron chi connectivity index (χ0n) is 8.72. The monoisotopic (exact) mass is 182 g/mol. The molecule has 0 bridgehead atoms. The molecule has 1 aliphatic rings. The van der Waals surface area contributed by atoms with Crippen LogP contribution >= 0.6 is 0 Å². The van der Waals surface area contributed by atoms with E-state index in [1.165, 1.54) is 25.3 Å². The highest BCUT2D eigenvalue weighted by Crippen LogP contribution is 2.37. The van der Waals surface area contributed by atoms with Crippen LogP contribution in [-0.4, -0.2) is 5.97 Å². The standard InChI is InChI=1S/C11H18O2/c1-9(12)13-8-10-5-4-6-11(2,3)7-10/h8H,4-7H2,1-3H3. The van der Waals surface area contributed by atoms with Gasteiger partial charge in [-0.25, -0.2) is 0 Å². The lowest BCUT2D eigenvalue weighted by molar-refractivity contribution is -0.135. The number of esters is 1. The van der Waals surface area contributed by atoms with E-state index in [0.717, 1.165) is 12.8 Å². The molecule has 1 rings (SSSR count). The fourth-order valence-electron chi connectivity index (χ4n) is 1.85. The molecular weight excluding hydrogens is 164 g/mol. The topological polar surface area (TPSA) is 26.3 Å². The maximum absolute atomic E-state index is 10.6. The Hall–Kier alpha value is -0.790. The molecule has 1 saturated carbocycles. The number of hydrogen-bond donors (Lipinski definition) is 0. The molecule has 0 spiro atoms. The van der Waals surface area contributed by atoms with E-state index in [2.05, 4.69) is 13.8 Å². The van der Waals surface area contributed by atoms with Gasteiger partial charge in [-0.15, -0.1) is 0 Å². The van der Waals surface area contributed by atoms with E-state index in [4.69, 9.17) is 4.74 Å². The molecule has 0 aromatic heterocycles. The molecule has 0 N–H and O–H groups in total. The lowest BCUT2D eigenvalue weighted by atomic mass is 9.75. The second kappa shape index (κ2) is 3.95. The Bertz CT molecular complexity index is 226. The first kappa shape index (κ1) is 10.3. The van der Waals surface area contributed by atoms with Gasteiger partial charge in [0.25, 0.3) is 0 Å². The smallest absolute Gasteiger partial charge is 0.307 e. The first-order chi connectivity index (χ1) is 5.99. The van der Waals surface area contributed by atoms with Crippen LogP contribution in [0.25, 0.3) is 0 Å². The Morgan fingerprint density at radius 1 is 1.54 bits per heavy atom. The summed E-state index contributed by atoms with van der Waals surface area (Å²) in [4.78, 5) is 10.6. The van der Waals surface area contributed by atoms with Gasteiger partial charge < -0.3 is 4.74 Å². The molecule has 2 nitrogen and oxygen atoms in total. The number of ether oxygens (including phenoxy) is 1. The van der Waals surface area contributed by atoms with Gasteiger partial charge in [-0.3, -0.25) is 4.79 Å². The first-order valence-corrected chi connectivity index (χ1v) is 4.85. The van der Waals surface area contributed by atoms with Crippen LogP contribution in [0.5, 0.6) is 0 Å². The maximum Gasteiger partial charge on any atom is 0.307 e. The average molecular weight is 182 g/mol. The summed E-state index contributed by atoms with van der Waals surface area (Å²) < 4.78 is 4.87. The quantitative estimate of drug-likeness (QED) is 0.460. The van der Waals surface area contributed by atoms with Gasteiger partial charge in [0.1, 0.15) is 0 Å². The lowest BCUT2D eigenvalue weighted by Gasteiger charge is -2.30. The van der Waals surface area contributed by atoms with Crippen molar-refractivity contribution in [3.63, 3.8) is 0 Å². The summed E-state index contributed by atoms with van der Waals surface area (Å²) in [6, 6.07) is 0. The summed E-state index contributed by atoms with van der Waals surface area (Å²) >= 11 is 0. The van der Waals surface area contributed by atoms with Gasteiger partial charge >= 0.3 is 5.97 Å². The third kappa shape index (κ3) is 3.62. The normalized spacial score (nSPS) is 24.4. The molecule has 0 unspecified atom stereocenters. The zero-order valence-corrected chi connectivity index (χ0v) is 8.72. The first-order valence-electron chi connectivity index (χ1n) is 4.85. The fraction of sp³-hybridized carbons (Fsp3) is 0.727. The SMILES string of the molecule is CC(=O)OC=C1CCCC(C)(C)C1. The van der Waals surface area contributed by atoms with Crippen LogP contribution in [0, 0.1) is 5.41 Å². The van der Waals surface area contributed by atoms with Gasteiger partial charge in [-0.1, -0.05) is 13.8 Å². The third-order valence-electron chi connectivity index (χ3n) is 2.45. The van der Waals surface area contributed by atoms with Crippen molar-refractivity contribution in [2.45, 2.75) is 46.5 Å². The fourth-order valence-corrected chi connectivity index (χ4v) is 1.85. The van der Waals surface area contributed by atoms with E-state index in [0.29, 0.717) is 5.41 Å². The summed E-state index contributed by atoms with van der Waals surface area (Å²) in [7, 11) is 0. The highest BCUT2D eigenvalue weighted by Gasteiger charge is 2.24. The van der Waals surface area contributed by atoms with E-state index in [1.54, 1.807) is 6.26 Å². The molecule has 0 heterocycles. The molecule has 13 heavy (non-hydrogen) atoms. The van der Waals surface area contributed by atoms with Crippen LogP contribution in [-0.2, 0) is 9.53 Å². The molecule has 0 aromatic carbocycles. The van der Waals surface area contributed by atoms with Crippen LogP contribution < -0.4 is 0 Å². The minimum atomic E-state index is -0.226. The van der Waals surface area contributed by atoms with Crippen LogP contribution in [0.1, 0.15) is 46.5 Å². The molecule has 0 amide bonds. The van der Waals surface area contributed by atoms with Crippen molar-refractivity contribution in [2.75, 3.05) is 0 Å². The summed E-state index contributed by atoms with van der Waals surface area (Å²) in [6.07, 6.45) is 6.25. The minimum Gasteiger partial charge on any atom is -0.435 e. The van der Waals surface area contributed by atoms with Crippen molar-refractivity contribution in [3.8, 4) is 0 Å². The van der Waals surface area contributed by atoms with Gasteiger partial charge in [0, 0.05) is 6.92 Å². The molecule has 0 saturated heterocycles. The molecule has 0 aromatic rings. The largest absolute Gasteiger partial charge is 0.435 e. The Kier molecular flexibility index (Phi) is 3.12. The summed E-state index contributed by atoms with van der Waals surface area (Å²) in [6.45, 7) is 5.95. The summed E-state index contributed by atoms with van der Waals surface area (Å²) in [5, 5.41) is 0. The zero-order chi connectivity index (χ0) is 9.90. The molecule has 1 aliphatic carbocycles. The van der Waals surface area contributed by atoms with Crippen LogP contribution in [0.2, 0.25) is 0 Å². The molecule has 74 valence electrons. The predicted octanol–water partition coefficient (Wildman–Crippen LogP) is 3.03. The average Bonchev–Trinajstić information content (AvgIpc) is 1.99. The van der Waals surface area contributed by atoms with Gasteiger partial charge in [0.2, 0.25) is 0 Å². The highest BCUT2D eigenvalue weighted by atomic mass is 16.5. The maximum atomic E-state index is 10.6. The van der Waals surface area contributed by atoms with Gasteiger partial charge in [0.05, 0.1) is 6.26 Å². The molecule has 0 aliphatic heterocycles. The van der Waals surface area contributed by atoms with E-state index in [9.17, 15) is 4.79 Å². The van der Waals surface area contributed by atoms with Crippen molar-refractivity contribution < 1.29 is 9.53 Å². The number of hydrogen-bond acceptors (Lipinski definition) is 2. The van der Waals surface area contributed by atoms with Crippen molar-refractivity contribution in [3.05, 3.63) is 11.8 Å². The van der Waals surface area contributed by atoms with E-state index in [1.807, 2.05) is 0 Å². The third-order valence-corrected chi connectivity index (χ3v) is 2.45. The van der Waals surface area contributed by atoms with Crippen LogP contribution in [0.4, 0.5) is 0 Å². The number of rotatable bonds is 1. The second-order valence-electron chi connectivity index (χ2n) is 4.58. The molecule has 1 fully saturated rings. The van der Waals surface area contributed by atoms with Crippen molar-refractivity contribution >= 4 is 5.97 Å². The Balaban J connectivity index is 2.51. The summed E-state index contributed by atoms with van der Waals surface area (Å²) in [5.74, 6) is -0.226. The number of carbonyl (C=O) groups excluding carboxylic acids is 1. The Labute approximate surface area is 80.0 Å². The van der Waals surface area contributed by atoms with E-state index >= 15 is 0 Å². The van der Waals surface area contributed by atoms with Crippen molar-refractivity contribution in [1.82, 2.24) is 0 Å². The molecule has 2 heteroatoms. The molecule has 0 radical (unpaired) electrons. The number of allylic oxidation sites excluding steroid dienone is 1. The Morgan fingerprint density at radius 3 is 2.77 bits per heavy atom. The van der Waals surface area contributed by atoms with Crippen molar-refractivity contribution in [2.24, 2.45) is 5.41 Å². The minimum absolute atomic E-state index is 0.226. The van der Waals surface area contributed by atoms with Gasteiger partial charge in [0.15, 0.2) is 0 Å². The Morgan fingerprint density at radius 2 is 2.23 bits per heavy atom. The van der Waals surface area contributed by atoms with Gasteiger partial charge in [-0.05, 0) is 36.7 Å². The van der Waals surface area contributed by atoms with Crippen LogP contribution in [0.15, 0.2) is 11.8 Å². The highest BCUT2D eigenvalue weighted by molar-refractivity contribution is 5.66. The molecule has 0 atom stereocenters. The van der Waals surface area contributed by atoms with Gasteiger partial charge in [-0.2, -0.15) is 0 Å². The second-order valence-corrected chi connectivity index (χ2v) is 4.58. The summed E-state index contributed by atoms with van der Waals surface area (Å²) in [5.41, 5.74) is 1.65. The number of carbonyl (C=O) groups is 1. The van der Waals surface area contributed by atoms with Crippen molar-refractivity contribution in [1.29, 1.82) is 0 Å². The van der Waals surface area contributed by atoms with E-state index in [-0.39, 0.29) is 5.97 Å².